The molecule has 0 aromatic carbocycles. The Morgan fingerprint density at radius 2 is 2.07 bits per heavy atom. The molecule has 28 heavy (non-hydrogen) atoms. The van der Waals surface area contributed by atoms with Crippen LogP contribution in [0.4, 0.5) is 0 Å². The summed E-state index contributed by atoms with van der Waals surface area (Å²) in [6, 6.07) is 0. The molecule has 156 valence electrons. The van der Waals surface area contributed by atoms with E-state index in [0.717, 1.165) is 61.5 Å². The van der Waals surface area contributed by atoms with Crippen LogP contribution in [0.3, 0.4) is 0 Å². The first-order valence-electron chi connectivity index (χ1n) is 10.8. The predicted molar refractivity (Wildman–Crippen MR) is 111 cm³/mol. The molecule has 0 radical (unpaired) electrons. The third-order valence-electron chi connectivity index (χ3n) is 6.05. The van der Waals surface area contributed by atoms with E-state index in [1.54, 1.807) is 0 Å². The maximum Gasteiger partial charge on any atom is 0.224 e. The van der Waals surface area contributed by atoms with Crippen LogP contribution in [0.15, 0.2) is 0 Å². The molecule has 0 saturated carbocycles. The Morgan fingerprint density at radius 3 is 2.71 bits per heavy atom. The van der Waals surface area contributed by atoms with Crippen molar-refractivity contribution in [3.63, 3.8) is 0 Å². The van der Waals surface area contributed by atoms with Gasteiger partial charge in [-0.2, -0.15) is 0 Å². The summed E-state index contributed by atoms with van der Waals surface area (Å²) >= 11 is 0. The number of nitrogens with zero attached hydrogens (tertiary/aromatic N) is 1. The fourth-order valence-corrected chi connectivity index (χ4v) is 4.69. The maximum atomic E-state index is 13.0. The summed E-state index contributed by atoms with van der Waals surface area (Å²) in [5.74, 6) is 1.10. The molecular formula is C23H36N2O3. The lowest BCUT2D eigenvalue weighted by molar-refractivity contribution is -0.120. The molecule has 1 fully saturated rings. The Kier molecular flexibility index (Phi) is 6.33. The lowest BCUT2D eigenvalue weighted by Crippen LogP contribution is -2.34. The van der Waals surface area contributed by atoms with Gasteiger partial charge in [-0.3, -0.25) is 9.59 Å². The molecule has 2 aliphatic rings. The molecule has 0 spiro atoms. The topological polar surface area (TPSA) is 60.3 Å². The fourth-order valence-electron chi connectivity index (χ4n) is 4.69. The minimum Gasteiger partial charge on any atom is -0.381 e. The summed E-state index contributed by atoms with van der Waals surface area (Å²) in [6.07, 6.45) is 3.91. The highest BCUT2D eigenvalue weighted by Crippen LogP contribution is 2.39. The quantitative estimate of drug-likeness (QED) is 0.808. The molecule has 1 amide bonds. The molecule has 1 aliphatic carbocycles. The Morgan fingerprint density at radius 1 is 1.32 bits per heavy atom. The molecule has 2 heterocycles. The van der Waals surface area contributed by atoms with Gasteiger partial charge in [0.05, 0.1) is 13.0 Å². The average molecular weight is 389 g/mol. The van der Waals surface area contributed by atoms with Crippen molar-refractivity contribution in [2.24, 2.45) is 17.3 Å². The molecule has 1 aromatic heterocycles. The van der Waals surface area contributed by atoms with Crippen LogP contribution in [0, 0.1) is 24.2 Å². The Labute approximate surface area is 169 Å². The van der Waals surface area contributed by atoms with E-state index in [1.807, 2.05) is 0 Å². The number of amides is 1. The number of carbonyl (C=O) groups excluding carboxylic acids is 2. The molecule has 5 heteroatoms. The number of aromatic nitrogens is 1. The number of hydrogen-bond donors (Lipinski definition) is 1. The van der Waals surface area contributed by atoms with Gasteiger partial charge in [-0.1, -0.05) is 27.7 Å². The Balaban J connectivity index is 1.81. The standard InChI is InChI=1S/C23H36N2O3/c1-15(2)13-25-16(3)18(22-19(25)10-23(4,5)11-20(22)26)9-21(27)24-12-17-7-6-8-28-14-17/h15,17H,6-14H2,1-5H3,(H,24,27)/t17-/m1/s1. The summed E-state index contributed by atoms with van der Waals surface area (Å²) in [5, 5.41) is 3.08. The van der Waals surface area contributed by atoms with Gasteiger partial charge in [0.1, 0.15) is 0 Å². The van der Waals surface area contributed by atoms with Crippen LogP contribution in [0.25, 0.3) is 0 Å². The van der Waals surface area contributed by atoms with Crippen molar-refractivity contribution in [1.82, 2.24) is 9.88 Å². The van der Waals surface area contributed by atoms with Crippen LogP contribution in [-0.2, 0) is 28.9 Å². The number of nitrogens with one attached hydrogen (secondary N) is 1. The summed E-state index contributed by atoms with van der Waals surface area (Å²) in [7, 11) is 0. The monoisotopic (exact) mass is 388 g/mol. The van der Waals surface area contributed by atoms with Gasteiger partial charge in [0.2, 0.25) is 5.91 Å². The van der Waals surface area contributed by atoms with E-state index in [-0.39, 0.29) is 17.1 Å². The minimum atomic E-state index is -0.0237. The molecule has 1 aromatic rings. The molecular weight excluding hydrogens is 352 g/mol. The van der Waals surface area contributed by atoms with E-state index in [9.17, 15) is 9.59 Å². The summed E-state index contributed by atoms with van der Waals surface area (Å²) < 4.78 is 7.80. The summed E-state index contributed by atoms with van der Waals surface area (Å²) in [5.41, 5.74) is 3.96. The fraction of sp³-hybridized carbons (Fsp3) is 0.739. The molecule has 5 nitrogen and oxygen atoms in total. The van der Waals surface area contributed by atoms with Gasteiger partial charge in [0, 0.05) is 43.1 Å². The summed E-state index contributed by atoms with van der Waals surface area (Å²) in [4.78, 5) is 25.7. The highest BCUT2D eigenvalue weighted by Gasteiger charge is 2.37. The van der Waals surface area contributed by atoms with E-state index in [2.05, 4.69) is 44.5 Å². The van der Waals surface area contributed by atoms with Gasteiger partial charge >= 0.3 is 0 Å². The number of carbonyl (C=O) groups is 2. The van der Waals surface area contributed by atoms with E-state index in [0.29, 0.717) is 31.2 Å². The van der Waals surface area contributed by atoms with Crippen molar-refractivity contribution in [2.75, 3.05) is 19.8 Å². The second-order valence-corrected chi connectivity index (χ2v) is 9.90. The van der Waals surface area contributed by atoms with Crippen molar-refractivity contribution in [2.45, 2.75) is 73.3 Å². The first-order chi connectivity index (χ1) is 13.2. The first kappa shape index (κ1) is 21.1. The predicted octanol–water partition coefficient (Wildman–Crippen LogP) is 3.69. The van der Waals surface area contributed by atoms with E-state index < -0.39 is 0 Å². The zero-order valence-electron chi connectivity index (χ0n) is 18.2. The van der Waals surface area contributed by atoms with Gasteiger partial charge in [-0.15, -0.1) is 0 Å². The second-order valence-electron chi connectivity index (χ2n) is 9.90. The van der Waals surface area contributed by atoms with E-state index in [4.69, 9.17) is 4.74 Å². The van der Waals surface area contributed by atoms with Crippen molar-refractivity contribution in [1.29, 1.82) is 0 Å². The number of fused-ring (bicyclic) bond motifs is 1. The molecule has 1 atom stereocenters. The van der Waals surface area contributed by atoms with Crippen molar-refractivity contribution in [3.8, 4) is 0 Å². The van der Waals surface area contributed by atoms with Gasteiger partial charge in [0.25, 0.3) is 0 Å². The number of Topliss-reactive ketones (excluding diaryl/α,β-unsaturated/α-hetero) is 1. The molecule has 0 unspecified atom stereocenters. The number of rotatable bonds is 6. The van der Waals surface area contributed by atoms with Gasteiger partial charge < -0.3 is 14.6 Å². The van der Waals surface area contributed by atoms with Crippen molar-refractivity contribution < 1.29 is 14.3 Å². The highest BCUT2D eigenvalue weighted by atomic mass is 16.5. The van der Waals surface area contributed by atoms with Crippen LogP contribution in [0.1, 0.15) is 74.3 Å². The van der Waals surface area contributed by atoms with Gasteiger partial charge in [-0.25, -0.2) is 0 Å². The van der Waals surface area contributed by atoms with Crippen LogP contribution in [-0.4, -0.2) is 36.0 Å². The average Bonchev–Trinajstić information content (AvgIpc) is 2.85. The second kappa shape index (κ2) is 8.40. The Hall–Kier alpha value is -1.62. The lowest BCUT2D eigenvalue weighted by Gasteiger charge is -2.30. The zero-order chi connectivity index (χ0) is 20.5. The molecule has 1 aliphatic heterocycles. The molecule has 0 bridgehead atoms. The molecule has 1 N–H and O–H groups in total. The highest BCUT2D eigenvalue weighted by molar-refractivity contribution is 6.01. The van der Waals surface area contributed by atoms with Gasteiger partial charge in [0.15, 0.2) is 5.78 Å². The number of hydrogen-bond acceptors (Lipinski definition) is 3. The third kappa shape index (κ3) is 4.68. The molecule has 1 saturated heterocycles. The van der Waals surface area contributed by atoms with Crippen LogP contribution in [0.2, 0.25) is 0 Å². The SMILES string of the molecule is Cc1c(CC(=O)NC[C@H]2CCCOC2)c2c(n1CC(C)C)CC(C)(C)CC2=O. The van der Waals surface area contributed by atoms with E-state index in [1.165, 1.54) is 0 Å². The normalized spacial score (nSPS) is 21.6. The number of ether oxygens (including phenoxy) is 1. The smallest absolute Gasteiger partial charge is 0.224 e. The number of ketones is 1. The van der Waals surface area contributed by atoms with Crippen LogP contribution >= 0.6 is 0 Å². The molecule has 3 rings (SSSR count). The Bertz CT molecular complexity index is 740. The largest absolute Gasteiger partial charge is 0.381 e. The first-order valence-corrected chi connectivity index (χ1v) is 10.8. The van der Waals surface area contributed by atoms with Crippen molar-refractivity contribution in [3.05, 3.63) is 22.5 Å². The van der Waals surface area contributed by atoms with E-state index >= 15 is 0 Å². The summed E-state index contributed by atoms with van der Waals surface area (Å²) in [6.45, 7) is 13.9. The third-order valence-corrected chi connectivity index (χ3v) is 6.05. The van der Waals surface area contributed by atoms with Crippen LogP contribution in [0.5, 0.6) is 0 Å². The van der Waals surface area contributed by atoms with Crippen molar-refractivity contribution >= 4 is 11.7 Å². The zero-order valence-corrected chi connectivity index (χ0v) is 18.2. The van der Waals surface area contributed by atoms with Gasteiger partial charge in [-0.05, 0) is 49.0 Å². The maximum absolute atomic E-state index is 13.0. The minimum absolute atomic E-state index is 0.0100. The lowest BCUT2D eigenvalue weighted by atomic mass is 9.75. The van der Waals surface area contributed by atoms with Crippen LogP contribution < -0.4 is 5.32 Å².